The fourth-order valence-corrected chi connectivity index (χ4v) is 2.39. The van der Waals surface area contributed by atoms with Crippen LogP contribution in [0.25, 0.3) is 6.08 Å². The zero-order valence-electron chi connectivity index (χ0n) is 11.9. The van der Waals surface area contributed by atoms with Gasteiger partial charge in [0.1, 0.15) is 17.5 Å². The summed E-state index contributed by atoms with van der Waals surface area (Å²) in [5.41, 5.74) is 1.23. The van der Waals surface area contributed by atoms with E-state index in [-0.39, 0.29) is 12.5 Å². The second kappa shape index (κ2) is 6.37. The van der Waals surface area contributed by atoms with Gasteiger partial charge in [-0.15, -0.1) is 0 Å². The van der Waals surface area contributed by atoms with Crippen LogP contribution in [-0.4, -0.2) is 41.0 Å². The van der Waals surface area contributed by atoms with Gasteiger partial charge in [-0.25, -0.2) is 0 Å². The van der Waals surface area contributed by atoms with E-state index in [0.29, 0.717) is 23.1 Å². The van der Waals surface area contributed by atoms with Crippen molar-refractivity contribution in [1.82, 2.24) is 9.80 Å². The third kappa shape index (κ3) is 2.88. The molecule has 1 aliphatic rings. The lowest BCUT2D eigenvalue weighted by atomic mass is 10.1. The summed E-state index contributed by atoms with van der Waals surface area (Å²) in [5, 5.41) is 9.10. The molecule has 108 valence electrons. The molecule has 0 unspecified atom stereocenters. The molecule has 0 aromatic heterocycles. The summed E-state index contributed by atoms with van der Waals surface area (Å²) < 4.78 is 5.37. The summed E-state index contributed by atoms with van der Waals surface area (Å²) in [6.07, 6.45) is 1.73. The number of likely N-dealkylation sites (N-methyl/N-ethyl adjacent to an activating group) is 2. The van der Waals surface area contributed by atoms with E-state index in [4.69, 9.17) is 22.2 Å². The lowest BCUT2D eigenvalue weighted by Crippen LogP contribution is -2.30. The van der Waals surface area contributed by atoms with Crippen LogP contribution in [0.1, 0.15) is 12.5 Å². The summed E-state index contributed by atoms with van der Waals surface area (Å²) in [6, 6.07) is 9.19. The highest BCUT2D eigenvalue weighted by Crippen LogP contribution is 2.26. The van der Waals surface area contributed by atoms with Crippen molar-refractivity contribution in [3.8, 4) is 11.8 Å². The van der Waals surface area contributed by atoms with Crippen LogP contribution in [0, 0.1) is 11.3 Å². The number of hydrogen-bond acceptors (Lipinski definition) is 4. The normalized spacial score (nSPS) is 16.5. The molecule has 21 heavy (non-hydrogen) atoms. The molecule has 1 amide bonds. The molecule has 0 radical (unpaired) electrons. The van der Waals surface area contributed by atoms with Gasteiger partial charge in [-0.1, -0.05) is 18.2 Å². The molecular weight excluding hydrogens is 286 g/mol. The van der Waals surface area contributed by atoms with Gasteiger partial charge in [0.05, 0.1) is 0 Å². The van der Waals surface area contributed by atoms with Gasteiger partial charge in [-0.2, -0.15) is 5.26 Å². The van der Waals surface area contributed by atoms with E-state index in [9.17, 15) is 4.79 Å². The predicted molar refractivity (Wildman–Crippen MR) is 83.3 cm³/mol. The first-order valence-electron chi connectivity index (χ1n) is 6.50. The molecule has 1 fully saturated rings. The molecule has 0 spiro atoms. The average Bonchev–Trinajstić information content (AvgIpc) is 2.70. The van der Waals surface area contributed by atoms with Crippen LogP contribution >= 0.6 is 12.2 Å². The molecule has 1 saturated heterocycles. The number of nitrogens with zero attached hydrogens (tertiary/aromatic N) is 3. The SMILES string of the molecule is CCN1C(=O)/C(=C/c2ccccc2OCC#N)N(C)C1=S. The third-order valence-electron chi connectivity index (χ3n) is 3.16. The molecule has 2 rings (SSSR count). The van der Waals surface area contributed by atoms with Crippen LogP contribution < -0.4 is 4.74 Å². The van der Waals surface area contributed by atoms with E-state index in [1.807, 2.05) is 31.2 Å². The number of benzene rings is 1. The molecule has 0 bridgehead atoms. The highest BCUT2D eigenvalue weighted by Gasteiger charge is 2.34. The monoisotopic (exact) mass is 301 g/mol. The minimum Gasteiger partial charge on any atom is -0.478 e. The molecule has 5 nitrogen and oxygen atoms in total. The average molecular weight is 301 g/mol. The van der Waals surface area contributed by atoms with E-state index in [1.54, 1.807) is 29.0 Å². The van der Waals surface area contributed by atoms with E-state index in [0.717, 1.165) is 5.56 Å². The largest absolute Gasteiger partial charge is 0.478 e. The lowest BCUT2D eigenvalue weighted by molar-refractivity contribution is -0.122. The summed E-state index contributed by atoms with van der Waals surface area (Å²) in [4.78, 5) is 15.5. The number of ether oxygens (including phenoxy) is 1. The van der Waals surface area contributed by atoms with Gasteiger partial charge < -0.3 is 9.64 Å². The van der Waals surface area contributed by atoms with Crippen LogP contribution in [0.4, 0.5) is 0 Å². The summed E-state index contributed by atoms with van der Waals surface area (Å²) in [7, 11) is 1.76. The van der Waals surface area contributed by atoms with Crippen LogP contribution in [0.15, 0.2) is 30.0 Å². The van der Waals surface area contributed by atoms with Crippen molar-refractivity contribution in [2.45, 2.75) is 6.92 Å². The Morgan fingerprint density at radius 3 is 2.76 bits per heavy atom. The second-order valence-corrected chi connectivity index (χ2v) is 4.77. The highest BCUT2D eigenvalue weighted by atomic mass is 32.1. The first kappa shape index (κ1) is 15.0. The number of thiocarbonyl (C=S) groups is 1. The Morgan fingerprint density at radius 2 is 2.14 bits per heavy atom. The minimum atomic E-state index is -0.125. The van der Waals surface area contributed by atoms with Crippen LogP contribution in [-0.2, 0) is 4.79 Å². The molecule has 1 aromatic carbocycles. The molecule has 0 N–H and O–H groups in total. The number of rotatable bonds is 4. The molecule has 1 heterocycles. The molecule has 1 aliphatic heterocycles. The zero-order chi connectivity index (χ0) is 15.4. The Bertz CT molecular complexity index is 649. The molecule has 0 saturated carbocycles. The lowest BCUT2D eigenvalue weighted by Gasteiger charge is -2.13. The molecule has 6 heteroatoms. The topological polar surface area (TPSA) is 56.6 Å². The molecule has 1 aromatic rings. The van der Waals surface area contributed by atoms with Gasteiger partial charge in [-0.3, -0.25) is 9.69 Å². The number of carbonyl (C=O) groups excluding carboxylic acids is 1. The summed E-state index contributed by atoms with van der Waals surface area (Å²) >= 11 is 5.25. The Kier molecular flexibility index (Phi) is 4.55. The van der Waals surface area contributed by atoms with Crippen molar-refractivity contribution in [2.75, 3.05) is 20.2 Å². The number of hydrogen-bond donors (Lipinski definition) is 0. The van der Waals surface area contributed by atoms with E-state index >= 15 is 0 Å². The first-order valence-corrected chi connectivity index (χ1v) is 6.91. The second-order valence-electron chi connectivity index (χ2n) is 4.41. The van der Waals surface area contributed by atoms with Crippen molar-refractivity contribution in [3.05, 3.63) is 35.5 Å². The van der Waals surface area contributed by atoms with Gasteiger partial charge >= 0.3 is 0 Å². The smallest absolute Gasteiger partial charge is 0.276 e. The molecular formula is C15H15N3O2S. The van der Waals surface area contributed by atoms with Gasteiger partial charge in [-0.05, 0) is 31.3 Å². The maximum atomic E-state index is 12.3. The Labute approximate surface area is 129 Å². The molecule has 0 atom stereocenters. The third-order valence-corrected chi connectivity index (χ3v) is 3.66. The Balaban J connectivity index is 2.38. The van der Waals surface area contributed by atoms with Crippen LogP contribution in [0.3, 0.4) is 0 Å². The van der Waals surface area contributed by atoms with Gasteiger partial charge in [0.15, 0.2) is 11.7 Å². The van der Waals surface area contributed by atoms with Gasteiger partial charge in [0.25, 0.3) is 5.91 Å². The number of nitriles is 1. The number of para-hydroxylation sites is 1. The minimum absolute atomic E-state index is 0.0382. The maximum absolute atomic E-state index is 12.3. The van der Waals surface area contributed by atoms with Crippen LogP contribution in [0.5, 0.6) is 5.75 Å². The van der Waals surface area contributed by atoms with Crippen molar-refractivity contribution in [1.29, 1.82) is 5.26 Å². The standard InChI is InChI=1S/C15H15N3O2S/c1-3-18-14(19)12(17(2)15(18)21)10-11-6-4-5-7-13(11)20-9-8-16/h4-7,10H,3,9H2,1-2H3/b12-10-. The van der Waals surface area contributed by atoms with Crippen molar-refractivity contribution in [2.24, 2.45) is 0 Å². The first-order chi connectivity index (χ1) is 10.1. The van der Waals surface area contributed by atoms with E-state index < -0.39 is 0 Å². The van der Waals surface area contributed by atoms with Crippen molar-refractivity contribution >= 4 is 29.3 Å². The number of amides is 1. The van der Waals surface area contributed by atoms with Crippen molar-refractivity contribution < 1.29 is 9.53 Å². The summed E-state index contributed by atoms with van der Waals surface area (Å²) in [5.74, 6) is 0.439. The number of carbonyl (C=O) groups is 1. The Morgan fingerprint density at radius 1 is 1.43 bits per heavy atom. The predicted octanol–water partition coefficient (Wildman–Crippen LogP) is 2.01. The highest BCUT2D eigenvalue weighted by molar-refractivity contribution is 7.80. The van der Waals surface area contributed by atoms with Crippen molar-refractivity contribution in [3.63, 3.8) is 0 Å². The van der Waals surface area contributed by atoms with Crippen LogP contribution in [0.2, 0.25) is 0 Å². The van der Waals surface area contributed by atoms with E-state index in [2.05, 4.69) is 0 Å². The quantitative estimate of drug-likeness (QED) is 0.629. The summed E-state index contributed by atoms with van der Waals surface area (Å²) in [6.45, 7) is 2.38. The molecule has 0 aliphatic carbocycles. The van der Waals surface area contributed by atoms with Gasteiger partial charge in [0, 0.05) is 19.2 Å². The maximum Gasteiger partial charge on any atom is 0.276 e. The van der Waals surface area contributed by atoms with Gasteiger partial charge in [0.2, 0.25) is 0 Å². The zero-order valence-corrected chi connectivity index (χ0v) is 12.7. The fraction of sp³-hybridized carbons (Fsp3) is 0.267. The van der Waals surface area contributed by atoms with E-state index in [1.165, 1.54) is 0 Å². The Hall–Kier alpha value is -2.39. The fourth-order valence-electron chi connectivity index (χ4n) is 2.08.